The molecule has 2 heterocycles. The van der Waals surface area contributed by atoms with Crippen molar-refractivity contribution in [1.29, 1.82) is 0 Å². The molecule has 0 saturated carbocycles. The van der Waals surface area contributed by atoms with Crippen molar-refractivity contribution in [2.75, 3.05) is 11.9 Å². The lowest BCUT2D eigenvalue weighted by Crippen LogP contribution is -2.12. The Balaban J connectivity index is 1.79. The summed E-state index contributed by atoms with van der Waals surface area (Å²) in [5.41, 5.74) is 1.93. The van der Waals surface area contributed by atoms with Crippen molar-refractivity contribution in [1.82, 2.24) is 9.97 Å². The van der Waals surface area contributed by atoms with E-state index in [1.165, 1.54) is 23.6 Å². The van der Waals surface area contributed by atoms with Gasteiger partial charge in [-0.15, -0.1) is 11.3 Å². The smallest absolute Gasteiger partial charge is 0.257 e. The molecule has 25 heavy (non-hydrogen) atoms. The first-order chi connectivity index (χ1) is 12.1. The number of halogens is 1. The molecule has 0 aliphatic carbocycles. The summed E-state index contributed by atoms with van der Waals surface area (Å²) in [5, 5.41) is 3.16. The number of amides is 1. The third-order valence-corrected chi connectivity index (χ3v) is 4.33. The maximum Gasteiger partial charge on any atom is 0.257 e. The molecule has 0 aliphatic rings. The van der Waals surface area contributed by atoms with Gasteiger partial charge >= 0.3 is 0 Å². The van der Waals surface area contributed by atoms with Gasteiger partial charge in [-0.2, -0.15) is 4.39 Å². The molecule has 7 heteroatoms. The van der Waals surface area contributed by atoms with E-state index in [1.807, 2.05) is 38.1 Å². The van der Waals surface area contributed by atoms with Crippen molar-refractivity contribution < 1.29 is 13.9 Å². The predicted molar refractivity (Wildman–Crippen MR) is 95.6 cm³/mol. The fourth-order valence-electron chi connectivity index (χ4n) is 2.31. The molecule has 5 nitrogen and oxygen atoms in total. The fraction of sp³-hybridized carbons (Fsp3) is 0.167. The van der Waals surface area contributed by atoms with Crippen LogP contribution in [0.5, 0.6) is 5.75 Å². The Morgan fingerprint density at radius 1 is 1.28 bits per heavy atom. The number of aryl methyl sites for hydroxylation is 1. The second kappa shape index (κ2) is 7.40. The lowest BCUT2D eigenvalue weighted by Gasteiger charge is -2.04. The maximum atomic E-state index is 13.1. The van der Waals surface area contributed by atoms with Crippen LogP contribution < -0.4 is 10.1 Å². The van der Waals surface area contributed by atoms with Crippen LogP contribution >= 0.6 is 11.3 Å². The second-order valence-corrected chi connectivity index (χ2v) is 6.41. The van der Waals surface area contributed by atoms with Crippen LogP contribution in [0.15, 0.2) is 42.6 Å². The number of thiazole rings is 1. The van der Waals surface area contributed by atoms with E-state index < -0.39 is 11.9 Å². The van der Waals surface area contributed by atoms with Gasteiger partial charge in [0.15, 0.2) is 5.13 Å². The van der Waals surface area contributed by atoms with Crippen molar-refractivity contribution in [2.24, 2.45) is 0 Å². The molecule has 3 aromatic rings. The predicted octanol–water partition coefficient (Wildman–Crippen LogP) is 4.30. The van der Waals surface area contributed by atoms with Crippen LogP contribution in [0.4, 0.5) is 9.52 Å². The summed E-state index contributed by atoms with van der Waals surface area (Å²) in [6, 6.07) is 10.2. The number of benzene rings is 1. The lowest BCUT2D eigenvalue weighted by molar-refractivity contribution is 0.102. The van der Waals surface area contributed by atoms with Crippen LogP contribution in [0.1, 0.15) is 22.2 Å². The molecule has 0 saturated heterocycles. The molecule has 0 bridgehead atoms. The molecule has 1 amide bonds. The Hall–Kier alpha value is -2.80. The van der Waals surface area contributed by atoms with Crippen LogP contribution in [-0.4, -0.2) is 22.5 Å². The van der Waals surface area contributed by atoms with Gasteiger partial charge in [0.1, 0.15) is 5.75 Å². The average molecular weight is 357 g/mol. The number of aromatic nitrogens is 2. The second-order valence-electron chi connectivity index (χ2n) is 5.20. The zero-order valence-electron chi connectivity index (χ0n) is 13.7. The Labute approximate surface area is 148 Å². The van der Waals surface area contributed by atoms with E-state index in [0.717, 1.165) is 28.0 Å². The first-order valence-electron chi connectivity index (χ1n) is 7.70. The van der Waals surface area contributed by atoms with Crippen molar-refractivity contribution >= 4 is 22.4 Å². The summed E-state index contributed by atoms with van der Waals surface area (Å²) >= 11 is 1.37. The van der Waals surface area contributed by atoms with E-state index in [4.69, 9.17) is 4.74 Å². The minimum Gasteiger partial charge on any atom is -0.494 e. The number of hydrogen-bond acceptors (Lipinski definition) is 5. The zero-order chi connectivity index (χ0) is 17.8. The molecule has 0 aliphatic heterocycles. The van der Waals surface area contributed by atoms with Crippen LogP contribution in [0, 0.1) is 12.9 Å². The summed E-state index contributed by atoms with van der Waals surface area (Å²) in [5.74, 6) is -0.321. The standard InChI is InChI=1S/C18H16FN3O2S/c1-3-24-14-6-4-12(5-7-14)16-11(2)25-18(21-16)22-17(23)13-8-9-20-15(19)10-13/h4-10H,3H2,1-2H3,(H,21,22,23). The summed E-state index contributed by atoms with van der Waals surface area (Å²) < 4.78 is 18.6. The molecule has 2 aromatic heterocycles. The Morgan fingerprint density at radius 2 is 2.04 bits per heavy atom. The molecule has 0 atom stereocenters. The molecular weight excluding hydrogens is 341 g/mol. The highest BCUT2D eigenvalue weighted by atomic mass is 32.1. The van der Waals surface area contributed by atoms with Crippen molar-refractivity contribution in [2.45, 2.75) is 13.8 Å². The van der Waals surface area contributed by atoms with Gasteiger partial charge in [0, 0.05) is 28.3 Å². The maximum absolute atomic E-state index is 13.1. The summed E-state index contributed by atoms with van der Waals surface area (Å²) in [6.45, 7) is 4.48. The third kappa shape index (κ3) is 4.00. The normalized spacial score (nSPS) is 10.5. The number of nitrogens with zero attached hydrogens (tertiary/aromatic N) is 2. The molecule has 1 aromatic carbocycles. The van der Waals surface area contributed by atoms with E-state index in [0.29, 0.717) is 11.7 Å². The van der Waals surface area contributed by atoms with Crippen LogP contribution in [-0.2, 0) is 0 Å². The van der Waals surface area contributed by atoms with E-state index in [2.05, 4.69) is 15.3 Å². The van der Waals surface area contributed by atoms with E-state index >= 15 is 0 Å². The monoisotopic (exact) mass is 357 g/mol. The highest BCUT2D eigenvalue weighted by molar-refractivity contribution is 7.16. The van der Waals surface area contributed by atoms with Gasteiger partial charge in [-0.05, 0) is 44.2 Å². The molecule has 3 rings (SSSR count). The van der Waals surface area contributed by atoms with Gasteiger partial charge in [-0.1, -0.05) is 0 Å². The quantitative estimate of drug-likeness (QED) is 0.691. The number of carbonyl (C=O) groups is 1. The van der Waals surface area contributed by atoms with Crippen LogP contribution in [0.2, 0.25) is 0 Å². The molecule has 0 radical (unpaired) electrons. The van der Waals surface area contributed by atoms with Crippen molar-refractivity contribution in [3.63, 3.8) is 0 Å². The number of ether oxygens (including phenoxy) is 1. The topological polar surface area (TPSA) is 64.1 Å². The third-order valence-electron chi connectivity index (χ3n) is 3.44. The number of nitrogens with one attached hydrogen (secondary N) is 1. The van der Waals surface area contributed by atoms with Gasteiger partial charge in [0.2, 0.25) is 5.95 Å². The highest BCUT2D eigenvalue weighted by Gasteiger charge is 2.14. The van der Waals surface area contributed by atoms with E-state index in [1.54, 1.807) is 0 Å². The van der Waals surface area contributed by atoms with Crippen LogP contribution in [0.3, 0.4) is 0 Å². The fourth-order valence-corrected chi connectivity index (χ4v) is 3.14. The van der Waals surface area contributed by atoms with Gasteiger partial charge in [-0.3, -0.25) is 10.1 Å². The Bertz CT molecular complexity index is 894. The Kier molecular flexibility index (Phi) is 5.04. The number of anilines is 1. The number of hydrogen-bond donors (Lipinski definition) is 1. The molecule has 0 fully saturated rings. The summed E-state index contributed by atoms with van der Waals surface area (Å²) in [6.07, 6.45) is 1.25. The first-order valence-corrected chi connectivity index (χ1v) is 8.52. The largest absolute Gasteiger partial charge is 0.494 e. The van der Waals surface area contributed by atoms with E-state index in [-0.39, 0.29) is 5.56 Å². The van der Waals surface area contributed by atoms with Gasteiger partial charge in [-0.25, -0.2) is 9.97 Å². The zero-order valence-corrected chi connectivity index (χ0v) is 14.6. The van der Waals surface area contributed by atoms with Gasteiger partial charge in [0.25, 0.3) is 5.91 Å². The first kappa shape index (κ1) is 17.0. The number of carbonyl (C=O) groups excluding carboxylic acids is 1. The van der Waals surface area contributed by atoms with Crippen molar-refractivity contribution in [3.8, 4) is 17.0 Å². The van der Waals surface area contributed by atoms with E-state index in [9.17, 15) is 9.18 Å². The van der Waals surface area contributed by atoms with Gasteiger partial charge < -0.3 is 4.74 Å². The minimum atomic E-state index is -0.696. The number of rotatable bonds is 5. The lowest BCUT2D eigenvalue weighted by atomic mass is 10.1. The SMILES string of the molecule is CCOc1ccc(-c2nc(NC(=O)c3ccnc(F)c3)sc2C)cc1. The number of pyridine rings is 1. The minimum absolute atomic E-state index is 0.197. The molecular formula is C18H16FN3O2S. The molecule has 0 spiro atoms. The molecule has 0 unspecified atom stereocenters. The Morgan fingerprint density at radius 3 is 2.72 bits per heavy atom. The average Bonchev–Trinajstić information content (AvgIpc) is 2.96. The molecule has 128 valence electrons. The summed E-state index contributed by atoms with van der Waals surface area (Å²) in [7, 11) is 0. The van der Waals surface area contributed by atoms with Gasteiger partial charge in [0.05, 0.1) is 12.3 Å². The molecule has 1 N–H and O–H groups in total. The highest BCUT2D eigenvalue weighted by Crippen LogP contribution is 2.31. The van der Waals surface area contributed by atoms with Crippen molar-refractivity contribution in [3.05, 3.63) is 59.0 Å². The van der Waals surface area contributed by atoms with Crippen LogP contribution in [0.25, 0.3) is 11.3 Å². The summed E-state index contributed by atoms with van der Waals surface area (Å²) in [4.78, 5) is 21.1.